The van der Waals surface area contributed by atoms with Crippen LogP contribution in [0.5, 0.6) is 0 Å². The summed E-state index contributed by atoms with van der Waals surface area (Å²) in [4.78, 5) is 11.3. The average molecular weight is 186 g/mol. The van der Waals surface area contributed by atoms with E-state index >= 15 is 0 Å². The lowest BCUT2D eigenvalue weighted by atomic mass is 10.1. The smallest absolute Gasteiger partial charge is 0.308 e. The highest BCUT2D eigenvalue weighted by Gasteiger charge is 2.23. The lowest BCUT2D eigenvalue weighted by Crippen LogP contribution is -2.31. The quantitative estimate of drug-likeness (QED) is 0.616. The number of rotatable bonds is 2. The van der Waals surface area contributed by atoms with Crippen molar-refractivity contribution < 1.29 is 14.3 Å². The van der Waals surface area contributed by atoms with Gasteiger partial charge in [-0.25, -0.2) is 0 Å². The van der Waals surface area contributed by atoms with Crippen LogP contribution in [0.2, 0.25) is 0 Å². The third-order valence-corrected chi connectivity index (χ3v) is 2.19. The van der Waals surface area contributed by atoms with E-state index in [1.54, 1.807) is 0 Å². The molecule has 13 heavy (non-hydrogen) atoms. The summed E-state index contributed by atoms with van der Waals surface area (Å²) in [6, 6.07) is 0. The van der Waals surface area contributed by atoms with E-state index in [0.717, 1.165) is 12.8 Å². The van der Waals surface area contributed by atoms with Crippen LogP contribution in [0.15, 0.2) is 0 Å². The zero-order chi connectivity index (χ0) is 9.84. The molecule has 0 radical (unpaired) electrons. The number of esters is 1. The Labute approximate surface area is 79.4 Å². The van der Waals surface area contributed by atoms with Crippen LogP contribution in [-0.2, 0) is 14.3 Å². The molecule has 76 valence electrons. The molecule has 1 saturated heterocycles. The maximum absolute atomic E-state index is 11.3. The first-order valence-corrected chi connectivity index (χ1v) is 4.91. The number of carbonyl (C=O) groups is 1. The van der Waals surface area contributed by atoms with E-state index in [-0.39, 0.29) is 24.1 Å². The van der Waals surface area contributed by atoms with Crippen LogP contribution in [0, 0.1) is 5.92 Å². The van der Waals surface area contributed by atoms with E-state index in [2.05, 4.69) is 0 Å². The first-order valence-electron chi connectivity index (χ1n) is 4.91. The molecule has 0 aromatic heterocycles. The van der Waals surface area contributed by atoms with Gasteiger partial charge in [0.05, 0.1) is 18.6 Å². The minimum Gasteiger partial charge on any atom is -0.462 e. The van der Waals surface area contributed by atoms with Crippen molar-refractivity contribution in [1.82, 2.24) is 0 Å². The summed E-state index contributed by atoms with van der Waals surface area (Å²) in [6.45, 7) is 6.42. The molecular formula is C10H18O3. The molecule has 0 aromatic carbocycles. The van der Waals surface area contributed by atoms with Gasteiger partial charge >= 0.3 is 5.97 Å². The molecule has 0 bridgehead atoms. The number of hydrogen-bond acceptors (Lipinski definition) is 3. The van der Waals surface area contributed by atoms with E-state index in [4.69, 9.17) is 9.47 Å². The summed E-state index contributed by atoms with van der Waals surface area (Å²) < 4.78 is 10.7. The Hall–Kier alpha value is -0.570. The van der Waals surface area contributed by atoms with Crippen molar-refractivity contribution in [3.63, 3.8) is 0 Å². The first kappa shape index (κ1) is 10.5. The fourth-order valence-corrected chi connectivity index (χ4v) is 1.36. The molecule has 1 aliphatic heterocycles. The lowest BCUT2D eigenvalue weighted by Gasteiger charge is -2.27. The molecule has 0 amide bonds. The van der Waals surface area contributed by atoms with Gasteiger partial charge in [0.15, 0.2) is 0 Å². The first-order chi connectivity index (χ1) is 6.09. The monoisotopic (exact) mass is 186 g/mol. The van der Waals surface area contributed by atoms with Crippen molar-refractivity contribution in [2.24, 2.45) is 5.92 Å². The second-order valence-corrected chi connectivity index (χ2v) is 3.92. The van der Waals surface area contributed by atoms with Gasteiger partial charge in [0.2, 0.25) is 0 Å². The van der Waals surface area contributed by atoms with Gasteiger partial charge in [0, 0.05) is 12.8 Å². The molecule has 3 nitrogen and oxygen atoms in total. The molecule has 0 N–H and O–H groups in total. The Morgan fingerprint density at radius 2 is 2.23 bits per heavy atom. The summed E-state index contributed by atoms with van der Waals surface area (Å²) in [5, 5.41) is 0. The van der Waals surface area contributed by atoms with Crippen LogP contribution in [0.4, 0.5) is 0 Å². The van der Waals surface area contributed by atoms with Gasteiger partial charge in [-0.05, 0) is 6.92 Å². The van der Waals surface area contributed by atoms with Crippen molar-refractivity contribution in [3.8, 4) is 0 Å². The lowest BCUT2D eigenvalue weighted by molar-refractivity contribution is -0.159. The second kappa shape index (κ2) is 4.61. The van der Waals surface area contributed by atoms with Gasteiger partial charge in [0.25, 0.3) is 0 Å². The van der Waals surface area contributed by atoms with Crippen LogP contribution in [0.1, 0.15) is 33.6 Å². The topological polar surface area (TPSA) is 35.5 Å². The predicted octanol–water partition coefficient (Wildman–Crippen LogP) is 1.75. The molecule has 1 heterocycles. The maximum Gasteiger partial charge on any atom is 0.308 e. The van der Waals surface area contributed by atoms with Gasteiger partial charge < -0.3 is 9.47 Å². The molecule has 0 aliphatic carbocycles. The largest absolute Gasteiger partial charge is 0.462 e. The Balaban J connectivity index is 2.31. The molecule has 2 atom stereocenters. The van der Waals surface area contributed by atoms with Gasteiger partial charge in [0.1, 0.15) is 6.10 Å². The zero-order valence-corrected chi connectivity index (χ0v) is 8.58. The highest BCUT2D eigenvalue weighted by Crippen LogP contribution is 2.17. The molecular weight excluding hydrogens is 168 g/mol. The number of hydrogen-bond donors (Lipinski definition) is 0. The van der Waals surface area contributed by atoms with E-state index in [1.807, 2.05) is 20.8 Å². The van der Waals surface area contributed by atoms with E-state index in [1.165, 1.54) is 0 Å². The Morgan fingerprint density at radius 3 is 2.77 bits per heavy atom. The minimum absolute atomic E-state index is 0.0295. The van der Waals surface area contributed by atoms with Crippen molar-refractivity contribution in [2.45, 2.75) is 45.8 Å². The Bertz CT molecular complexity index is 177. The van der Waals surface area contributed by atoms with E-state index in [9.17, 15) is 4.79 Å². The summed E-state index contributed by atoms with van der Waals surface area (Å²) in [5.74, 6) is -0.128. The standard InChI is InChI=1S/C10H18O3/c1-7(2)10(11)13-9-4-5-12-8(3)6-9/h7-9H,4-6H2,1-3H3/t8-,9-/m1/s1. The SMILES string of the molecule is CC(C)C(=O)O[C@@H]1CCO[C@H](C)C1. The predicted molar refractivity (Wildman–Crippen MR) is 49.4 cm³/mol. The fraction of sp³-hybridized carbons (Fsp3) is 0.900. The summed E-state index contributed by atoms with van der Waals surface area (Å²) in [7, 11) is 0. The highest BCUT2D eigenvalue weighted by molar-refractivity contribution is 5.71. The fourth-order valence-electron chi connectivity index (χ4n) is 1.36. The molecule has 0 aromatic rings. The van der Waals surface area contributed by atoms with Crippen molar-refractivity contribution in [2.75, 3.05) is 6.61 Å². The van der Waals surface area contributed by atoms with Gasteiger partial charge in [-0.2, -0.15) is 0 Å². The molecule has 1 rings (SSSR count). The Kier molecular flexibility index (Phi) is 3.72. The molecule has 0 spiro atoms. The van der Waals surface area contributed by atoms with Crippen LogP contribution in [0.3, 0.4) is 0 Å². The van der Waals surface area contributed by atoms with Crippen molar-refractivity contribution >= 4 is 5.97 Å². The van der Waals surface area contributed by atoms with Crippen molar-refractivity contribution in [1.29, 1.82) is 0 Å². The third-order valence-electron chi connectivity index (χ3n) is 2.19. The number of carbonyl (C=O) groups excluding carboxylic acids is 1. The zero-order valence-electron chi connectivity index (χ0n) is 8.58. The molecule has 0 saturated carbocycles. The summed E-state index contributed by atoms with van der Waals surface area (Å²) >= 11 is 0. The Morgan fingerprint density at radius 1 is 1.54 bits per heavy atom. The second-order valence-electron chi connectivity index (χ2n) is 3.92. The van der Waals surface area contributed by atoms with Crippen molar-refractivity contribution in [3.05, 3.63) is 0 Å². The maximum atomic E-state index is 11.3. The van der Waals surface area contributed by atoms with Gasteiger partial charge in [-0.3, -0.25) is 4.79 Å². The normalized spacial score (nSPS) is 28.9. The summed E-state index contributed by atoms with van der Waals surface area (Å²) in [6.07, 6.45) is 1.96. The molecule has 0 unspecified atom stereocenters. The van der Waals surface area contributed by atoms with Crippen LogP contribution in [0.25, 0.3) is 0 Å². The van der Waals surface area contributed by atoms with Gasteiger partial charge in [-0.1, -0.05) is 13.8 Å². The molecule has 1 fully saturated rings. The average Bonchev–Trinajstić information content (AvgIpc) is 2.04. The number of ether oxygens (including phenoxy) is 2. The highest BCUT2D eigenvalue weighted by atomic mass is 16.6. The summed E-state index contributed by atoms with van der Waals surface area (Å²) in [5.41, 5.74) is 0. The van der Waals surface area contributed by atoms with E-state index in [0.29, 0.717) is 6.61 Å². The minimum atomic E-state index is -0.0981. The van der Waals surface area contributed by atoms with Gasteiger partial charge in [-0.15, -0.1) is 0 Å². The molecule has 1 aliphatic rings. The van der Waals surface area contributed by atoms with Crippen LogP contribution >= 0.6 is 0 Å². The van der Waals surface area contributed by atoms with E-state index < -0.39 is 0 Å². The van der Waals surface area contributed by atoms with Crippen LogP contribution in [-0.4, -0.2) is 24.8 Å². The van der Waals surface area contributed by atoms with Crippen LogP contribution < -0.4 is 0 Å². The third kappa shape index (κ3) is 3.35. The molecule has 3 heteroatoms.